The van der Waals surface area contributed by atoms with E-state index in [-0.39, 0.29) is 11.5 Å². The van der Waals surface area contributed by atoms with Gasteiger partial charge in [-0.15, -0.1) is 11.6 Å². The number of halogens is 1. The topological polar surface area (TPSA) is 22.1 Å². The normalized spacial score (nSPS) is 24.1. The molecular formula is C13H12ClNO. The van der Waals surface area contributed by atoms with E-state index in [1.165, 1.54) is 0 Å². The van der Waals surface area contributed by atoms with Crippen molar-refractivity contribution < 1.29 is 4.74 Å². The number of hydrogen-bond acceptors (Lipinski definition) is 2. The molecule has 0 saturated heterocycles. The Morgan fingerprint density at radius 1 is 1.19 bits per heavy atom. The first-order valence-electron chi connectivity index (χ1n) is 5.47. The molecule has 0 amide bonds. The highest BCUT2D eigenvalue weighted by molar-refractivity contribution is 6.21. The molecule has 0 spiro atoms. The van der Waals surface area contributed by atoms with Crippen LogP contribution in [-0.4, -0.2) is 16.5 Å². The molecule has 2 aromatic rings. The smallest absolute Gasteiger partial charge is 0.145 e. The lowest BCUT2D eigenvalue weighted by Crippen LogP contribution is -2.34. The second kappa shape index (κ2) is 3.95. The van der Waals surface area contributed by atoms with E-state index < -0.39 is 0 Å². The maximum absolute atomic E-state index is 5.93. The SMILES string of the molecule is ClC1CC(Oc2cccc3cccnc23)C1. The van der Waals surface area contributed by atoms with Gasteiger partial charge in [0.05, 0.1) is 0 Å². The van der Waals surface area contributed by atoms with Gasteiger partial charge in [0.15, 0.2) is 0 Å². The summed E-state index contributed by atoms with van der Waals surface area (Å²) in [4.78, 5) is 4.35. The summed E-state index contributed by atoms with van der Waals surface area (Å²) < 4.78 is 5.89. The minimum atomic E-state index is 0.259. The molecule has 0 N–H and O–H groups in total. The second-order valence-corrected chi connectivity index (χ2v) is 4.76. The van der Waals surface area contributed by atoms with E-state index >= 15 is 0 Å². The van der Waals surface area contributed by atoms with Crippen LogP contribution in [0, 0.1) is 0 Å². The Hall–Kier alpha value is -1.28. The predicted octanol–water partition coefficient (Wildman–Crippen LogP) is 3.38. The van der Waals surface area contributed by atoms with Crippen molar-refractivity contribution in [3.63, 3.8) is 0 Å². The van der Waals surface area contributed by atoms with Gasteiger partial charge in [0.25, 0.3) is 0 Å². The summed E-state index contributed by atoms with van der Waals surface area (Å²) in [5.74, 6) is 0.867. The van der Waals surface area contributed by atoms with Gasteiger partial charge < -0.3 is 4.74 Å². The second-order valence-electron chi connectivity index (χ2n) is 4.14. The van der Waals surface area contributed by atoms with E-state index in [1.807, 2.05) is 30.3 Å². The van der Waals surface area contributed by atoms with Crippen LogP contribution in [0.4, 0.5) is 0 Å². The molecule has 1 aromatic carbocycles. The van der Waals surface area contributed by atoms with Crippen LogP contribution in [0.3, 0.4) is 0 Å². The molecule has 0 atom stereocenters. The molecule has 3 rings (SSSR count). The lowest BCUT2D eigenvalue weighted by molar-refractivity contribution is 0.126. The van der Waals surface area contributed by atoms with E-state index in [9.17, 15) is 0 Å². The lowest BCUT2D eigenvalue weighted by Gasteiger charge is -2.31. The highest BCUT2D eigenvalue weighted by Crippen LogP contribution is 2.32. The highest BCUT2D eigenvalue weighted by atomic mass is 35.5. The summed E-state index contributed by atoms with van der Waals surface area (Å²) in [6, 6.07) is 9.98. The zero-order valence-electron chi connectivity index (χ0n) is 8.77. The number of pyridine rings is 1. The van der Waals surface area contributed by atoms with Crippen molar-refractivity contribution in [1.82, 2.24) is 4.98 Å². The lowest BCUT2D eigenvalue weighted by atomic mass is 9.95. The van der Waals surface area contributed by atoms with Crippen molar-refractivity contribution in [2.75, 3.05) is 0 Å². The molecule has 0 bridgehead atoms. The number of rotatable bonds is 2. The van der Waals surface area contributed by atoms with Crippen LogP contribution in [0.15, 0.2) is 36.5 Å². The Labute approximate surface area is 99.2 Å². The number of fused-ring (bicyclic) bond motifs is 1. The van der Waals surface area contributed by atoms with Gasteiger partial charge in [-0.3, -0.25) is 4.98 Å². The van der Waals surface area contributed by atoms with Crippen molar-refractivity contribution in [2.24, 2.45) is 0 Å². The summed E-state index contributed by atoms with van der Waals surface area (Å²) in [7, 11) is 0. The summed E-state index contributed by atoms with van der Waals surface area (Å²) in [6.07, 6.45) is 3.92. The monoisotopic (exact) mass is 233 g/mol. The summed E-state index contributed by atoms with van der Waals surface area (Å²) in [5.41, 5.74) is 0.933. The van der Waals surface area contributed by atoms with Crippen molar-refractivity contribution >= 4 is 22.5 Å². The van der Waals surface area contributed by atoms with Gasteiger partial charge >= 0.3 is 0 Å². The third kappa shape index (κ3) is 1.74. The van der Waals surface area contributed by atoms with Crippen LogP contribution < -0.4 is 4.74 Å². The van der Waals surface area contributed by atoms with Crippen LogP contribution in [0.1, 0.15) is 12.8 Å². The molecule has 16 heavy (non-hydrogen) atoms. The maximum Gasteiger partial charge on any atom is 0.145 e. The molecule has 82 valence electrons. The molecule has 1 aliphatic carbocycles. The molecule has 1 aromatic heterocycles. The highest BCUT2D eigenvalue weighted by Gasteiger charge is 2.29. The van der Waals surface area contributed by atoms with Crippen LogP contribution >= 0.6 is 11.6 Å². The van der Waals surface area contributed by atoms with Gasteiger partial charge in [-0.05, 0) is 12.1 Å². The molecule has 1 saturated carbocycles. The zero-order valence-corrected chi connectivity index (χ0v) is 9.52. The van der Waals surface area contributed by atoms with E-state index in [2.05, 4.69) is 4.98 Å². The standard InChI is InChI=1S/C13H12ClNO/c14-10-7-11(8-10)16-12-5-1-3-9-4-2-6-15-13(9)12/h1-6,10-11H,7-8H2. The molecule has 2 nitrogen and oxygen atoms in total. The van der Waals surface area contributed by atoms with E-state index in [4.69, 9.17) is 16.3 Å². The van der Waals surface area contributed by atoms with Crippen molar-refractivity contribution in [2.45, 2.75) is 24.3 Å². The van der Waals surface area contributed by atoms with E-state index in [0.717, 1.165) is 29.5 Å². The van der Waals surface area contributed by atoms with Crippen LogP contribution in [-0.2, 0) is 0 Å². The Balaban J connectivity index is 1.91. The van der Waals surface area contributed by atoms with Gasteiger partial charge in [0.1, 0.15) is 17.4 Å². The first-order valence-corrected chi connectivity index (χ1v) is 5.91. The van der Waals surface area contributed by atoms with Crippen molar-refractivity contribution in [1.29, 1.82) is 0 Å². The van der Waals surface area contributed by atoms with Gasteiger partial charge in [0, 0.05) is 29.8 Å². The number of alkyl halides is 1. The molecule has 0 unspecified atom stereocenters. The zero-order chi connectivity index (χ0) is 11.0. The predicted molar refractivity (Wildman–Crippen MR) is 65.0 cm³/mol. The maximum atomic E-state index is 5.93. The number of nitrogens with zero attached hydrogens (tertiary/aromatic N) is 1. The molecular weight excluding hydrogens is 222 g/mol. The Morgan fingerprint density at radius 2 is 2.00 bits per heavy atom. The average Bonchev–Trinajstić information content (AvgIpc) is 2.27. The van der Waals surface area contributed by atoms with Crippen molar-refractivity contribution in [3.8, 4) is 5.75 Å². The number of ether oxygens (including phenoxy) is 1. The third-order valence-electron chi connectivity index (χ3n) is 2.93. The molecule has 3 heteroatoms. The molecule has 1 heterocycles. The summed E-state index contributed by atoms with van der Waals surface area (Å²) in [6.45, 7) is 0. The summed E-state index contributed by atoms with van der Waals surface area (Å²) in [5, 5.41) is 1.40. The van der Waals surface area contributed by atoms with Crippen LogP contribution in [0.25, 0.3) is 10.9 Å². The molecule has 0 aliphatic heterocycles. The number of para-hydroxylation sites is 1. The first-order chi connectivity index (χ1) is 7.83. The van der Waals surface area contributed by atoms with E-state index in [1.54, 1.807) is 6.20 Å². The van der Waals surface area contributed by atoms with Gasteiger partial charge in [-0.2, -0.15) is 0 Å². The Morgan fingerprint density at radius 3 is 2.81 bits per heavy atom. The van der Waals surface area contributed by atoms with Gasteiger partial charge in [0.2, 0.25) is 0 Å². The quantitative estimate of drug-likeness (QED) is 0.742. The van der Waals surface area contributed by atoms with Crippen LogP contribution in [0.5, 0.6) is 5.75 Å². The summed E-state index contributed by atoms with van der Waals surface area (Å²) >= 11 is 5.93. The van der Waals surface area contributed by atoms with E-state index in [0.29, 0.717) is 0 Å². The third-order valence-corrected chi connectivity index (χ3v) is 3.28. The fourth-order valence-electron chi connectivity index (χ4n) is 1.95. The molecule has 1 aliphatic rings. The first kappa shape index (κ1) is 9.91. The van der Waals surface area contributed by atoms with Crippen LogP contribution in [0.2, 0.25) is 0 Å². The Kier molecular flexibility index (Phi) is 2.44. The largest absolute Gasteiger partial charge is 0.488 e. The molecule has 1 fully saturated rings. The minimum absolute atomic E-state index is 0.259. The molecule has 0 radical (unpaired) electrons. The fraction of sp³-hybridized carbons (Fsp3) is 0.308. The number of hydrogen-bond donors (Lipinski definition) is 0. The fourth-order valence-corrected chi connectivity index (χ4v) is 2.35. The van der Waals surface area contributed by atoms with Gasteiger partial charge in [-0.1, -0.05) is 18.2 Å². The van der Waals surface area contributed by atoms with Crippen molar-refractivity contribution in [3.05, 3.63) is 36.5 Å². The number of aromatic nitrogens is 1. The van der Waals surface area contributed by atoms with Gasteiger partial charge in [-0.25, -0.2) is 0 Å². The minimum Gasteiger partial charge on any atom is -0.488 e. The Bertz CT molecular complexity index is 503. The number of benzene rings is 1. The average molecular weight is 234 g/mol.